The summed E-state index contributed by atoms with van der Waals surface area (Å²) in [5, 5.41) is 33.2. The molecule has 6 rings (SSSR count). The van der Waals surface area contributed by atoms with Crippen LogP contribution in [0.4, 0.5) is 0 Å². The average molecular weight is 521 g/mol. The van der Waals surface area contributed by atoms with Gasteiger partial charge >= 0.3 is 17.9 Å². The Balaban J connectivity index is 1.55. The maximum atomic E-state index is 14.2. The van der Waals surface area contributed by atoms with Gasteiger partial charge in [-0.15, -0.1) is 0 Å². The predicted octanol–water partition coefficient (Wildman–Crippen LogP) is -0.0739. The first-order chi connectivity index (χ1) is 17.1. The number of ketones is 1. The van der Waals surface area contributed by atoms with Gasteiger partial charge in [-0.1, -0.05) is 13.8 Å². The first-order valence-corrected chi connectivity index (χ1v) is 12.7. The van der Waals surface area contributed by atoms with Gasteiger partial charge in [-0.25, -0.2) is 9.59 Å². The lowest BCUT2D eigenvalue weighted by Crippen LogP contribution is -2.76. The van der Waals surface area contributed by atoms with Gasteiger partial charge in [-0.05, 0) is 33.3 Å². The molecule has 0 aromatic heterocycles. The highest BCUT2D eigenvalue weighted by molar-refractivity contribution is 5.96. The number of hydrogen-bond donors (Lipinski definition) is 3. The molecule has 0 aromatic carbocycles. The molecule has 11 atom stereocenters. The Labute approximate surface area is 213 Å². The normalized spacial score (nSPS) is 53.8. The lowest BCUT2D eigenvalue weighted by atomic mass is 9.36. The first-order valence-electron chi connectivity index (χ1n) is 12.7. The molecule has 37 heavy (non-hydrogen) atoms. The van der Waals surface area contributed by atoms with Gasteiger partial charge in [0.25, 0.3) is 0 Å². The first kappa shape index (κ1) is 25.0. The highest BCUT2D eigenvalue weighted by Crippen LogP contribution is 2.77. The van der Waals surface area contributed by atoms with E-state index >= 15 is 0 Å². The van der Waals surface area contributed by atoms with Gasteiger partial charge in [0.15, 0.2) is 6.10 Å². The topological polar surface area (TPSA) is 169 Å². The van der Waals surface area contributed by atoms with Crippen molar-refractivity contribution in [3.05, 3.63) is 11.6 Å². The van der Waals surface area contributed by atoms with Crippen molar-refractivity contribution in [2.45, 2.75) is 95.8 Å². The second kappa shape index (κ2) is 6.99. The van der Waals surface area contributed by atoms with E-state index in [0.29, 0.717) is 0 Å². The van der Waals surface area contributed by atoms with Crippen LogP contribution in [0.1, 0.15) is 53.9 Å². The smallest absolute Gasteiger partial charge is 0.340 e. The van der Waals surface area contributed by atoms with Crippen molar-refractivity contribution in [2.24, 2.45) is 28.1 Å². The summed E-state index contributed by atoms with van der Waals surface area (Å²) in [6.07, 6.45) is -5.57. The van der Waals surface area contributed by atoms with Crippen LogP contribution < -0.4 is 0 Å². The summed E-state index contributed by atoms with van der Waals surface area (Å²) in [5.41, 5.74) is -6.54. The van der Waals surface area contributed by atoms with Crippen molar-refractivity contribution in [3.63, 3.8) is 0 Å². The van der Waals surface area contributed by atoms with Gasteiger partial charge in [-0.3, -0.25) is 9.59 Å². The van der Waals surface area contributed by atoms with Crippen molar-refractivity contribution in [3.8, 4) is 0 Å². The molecule has 0 radical (unpaired) electrons. The van der Waals surface area contributed by atoms with Crippen LogP contribution in [-0.4, -0.2) is 80.9 Å². The monoisotopic (exact) mass is 520 g/mol. The Morgan fingerprint density at radius 1 is 0.919 bits per heavy atom. The van der Waals surface area contributed by atoms with Crippen LogP contribution in [0.25, 0.3) is 0 Å². The van der Waals surface area contributed by atoms with Crippen LogP contribution in [0, 0.1) is 28.1 Å². The van der Waals surface area contributed by atoms with Crippen molar-refractivity contribution >= 4 is 23.7 Å². The second-order valence-corrected chi connectivity index (χ2v) is 12.7. The van der Waals surface area contributed by atoms with Crippen molar-refractivity contribution in [1.82, 2.24) is 0 Å². The summed E-state index contributed by atoms with van der Waals surface area (Å²) in [7, 11) is 0. The minimum absolute atomic E-state index is 0.0417. The number of epoxide rings is 1. The Bertz CT molecular complexity index is 1180. The number of esters is 3. The molecule has 4 heterocycles. The number of fused-ring (bicyclic) bond motifs is 3. The van der Waals surface area contributed by atoms with Gasteiger partial charge in [0, 0.05) is 29.1 Å². The van der Waals surface area contributed by atoms with Crippen molar-refractivity contribution in [1.29, 1.82) is 0 Å². The largest absolute Gasteiger partial charge is 0.459 e. The Hall–Kier alpha value is -2.34. The number of ether oxygens (including phenoxy) is 4. The standard InChI is InChI=1S/C26H32O11/c1-22(2)12-7-14(29)25(5)17(24(12,4)13(28)8-16(31)36-22)11(27)9-23(3)18(10-6-15(30)34-20(10)32)35-21(33)19-26(23,25)37-19/h6,11-13,15,17-19,27-28,30H,7-9H2,1-5H3/t11-,12+,13-,15+,17-,18-,19+,23-,24+,25+,26+/m0/s1. The van der Waals surface area contributed by atoms with E-state index in [1.807, 2.05) is 0 Å². The summed E-state index contributed by atoms with van der Waals surface area (Å²) < 4.78 is 22.3. The van der Waals surface area contributed by atoms with E-state index in [-0.39, 0.29) is 30.6 Å². The van der Waals surface area contributed by atoms with Crippen LogP contribution in [0.15, 0.2) is 11.6 Å². The SMILES string of the molecule is CC1(C)OC(=O)C[C@H](O)[C@@]2(C)[C@@H]1CC(=O)[C@]1(C)[C@H]2[C@@H](O)C[C@@]2(C)[C@H](C3=C[C@H](O)OC3=O)OC(=O)[C@H]3O[C@]321. The molecule has 4 aliphatic heterocycles. The molecule has 0 amide bonds. The zero-order chi connectivity index (χ0) is 27.1. The number of Topliss-reactive ketones (excluding diaryl/α,β-unsaturated/α-hetero) is 1. The molecule has 6 aliphatic rings. The van der Waals surface area contributed by atoms with Crippen LogP contribution in [-0.2, 0) is 38.1 Å². The average Bonchev–Trinajstić information content (AvgIpc) is 3.47. The summed E-state index contributed by atoms with van der Waals surface area (Å²) in [5.74, 6) is -4.02. The molecular formula is C26H32O11. The van der Waals surface area contributed by atoms with Crippen molar-refractivity contribution < 1.29 is 53.4 Å². The van der Waals surface area contributed by atoms with Gasteiger partial charge in [-0.2, -0.15) is 0 Å². The van der Waals surface area contributed by atoms with Gasteiger partial charge < -0.3 is 34.3 Å². The van der Waals surface area contributed by atoms with Crippen LogP contribution in [0.2, 0.25) is 0 Å². The number of aliphatic hydroxyl groups excluding tert-OH is 3. The summed E-state index contributed by atoms with van der Waals surface area (Å²) in [6.45, 7) is 8.53. The van der Waals surface area contributed by atoms with E-state index in [0.717, 1.165) is 6.08 Å². The Morgan fingerprint density at radius 2 is 1.59 bits per heavy atom. The fraction of sp³-hybridized carbons (Fsp3) is 0.769. The van der Waals surface area contributed by atoms with Gasteiger partial charge in [0.05, 0.1) is 29.6 Å². The molecule has 1 spiro atoms. The fourth-order valence-electron chi connectivity index (χ4n) is 9.22. The lowest BCUT2D eigenvalue weighted by Gasteiger charge is -2.67. The molecular weight excluding hydrogens is 488 g/mol. The van der Waals surface area contributed by atoms with E-state index in [1.165, 1.54) is 0 Å². The zero-order valence-corrected chi connectivity index (χ0v) is 21.3. The quantitative estimate of drug-likeness (QED) is 0.240. The highest BCUT2D eigenvalue weighted by Gasteiger charge is 2.90. The molecule has 5 fully saturated rings. The van der Waals surface area contributed by atoms with E-state index < -0.39 is 87.9 Å². The van der Waals surface area contributed by atoms with E-state index in [9.17, 15) is 34.5 Å². The highest BCUT2D eigenvalue weighted by atomic mass is 16.7. The minimum Gasteiger partial charge on any atom is -0.459 e. The molecule has 0 bridgehead atoms. The Kier molecular flexibility index (Phi) is 4.72. The number of hydrogen-bond acceptors (Lipinski definition) is 11. The molecule has 11 heteroatoms. The van der Waals surface area contributed by atoms with E-state index in [1.54, 1.807) is 34.6 Å². The maximum Gasteiger partial charge on any atom is 0.340 e. The van der Waals surface area contributed by atoms with Crippen LogP contribution >= 0.6 is 0 Å². The Morgan fingerprint density at radius 3 is 2.22 bits per heavy atom. The van der Waals surface area contributed by atoms with Gasteiger partial charge in [0.1, 0.15) is 23.1 Å². The molecule has 11 nitrogen and oxygen atoms in total. The second-order valence-electron chi connectivity index (χ2n) is 12.7. The third kappa shape index (κ3) is 2.66. The third-order valence-electron chi connectivity index (χ3n) is 10.7. The minimum atomic E-state index is -1.51. The molecule has 3 N–H and O–H groups in total. The molecule has 0 aromatic rings. The summed E-state index contributed by atoms with van der Waals surface area (Å²) >= 11 is 0. The number of aliphatic hydroxyl groups is 3. The molecule has 2 saturated carbocycles. The summed E-state index contributed by atoms with van der Waals surface area (Å²) in [6, 6.07) is 0. The van der Waals surface area contributed by atoms with Gasteiger partial charge in [0.2, 0.25) is 6.29 Å². The number of carbonyl (C=O) groups is 4. The predicted molar refractivity (Wildman–Crippen MR) is 120 cm³/mol. The number of rotatable bonds is 1. The summed E-state index contributed by atoms with van der Waals surface area (Å²) in [4.78, 5) is 52.5. The third-order valence-corrected chi connectivity index (χ3v) is 10.7. The van der Waals surface area contributed by atoms with Crippen molar-refractivity contribution in [2.75, 3.05) is 0 Å². The molecule has 2 aliphatic carbocycles. The van der Waals surface area contributed by atoms with E-state index in [2.05, 4.69) is 0 Å². The number of carbonyl (C=O) groups excluding carboxylic acids is 4. The van der Waals surface area contributed by atoms with Crippen LogP contribution in [0.5, 0.6) is 0 Å². The molecule has 0 unspecified atom stereocenters. The number of cyclic esters (lactones) is 3. The maximum absolute atomic E-state index is 14.2. The molecule has 3 saturated heterocycles. The molecule has 202 valence electrons. The lowest BCUT2D eigenvalue weighted by molar-refractivity contribution is -0.253. The zero-order valence-electron chi connectivity index (χ0n) is 21.3. The fourth-order valence-corrected chi connectivity index (χ4v) is 9.22. The van der Waals surface area contributed by atoms with Crippen LogP contribution in [0.3, 0.4) is 0 Å². The van der Waals surface area contributed by atoms with E-state index in [4.69, 9.17) is 18.9 Å².